The van der Waals surface area contributed by atoms with Crippen molar-refractivity contribution in [2.24, 2.45) is 0 Å². The largest absolute Gasteiger partial charge is 0.461 e. The van der Waals surface area contributed by atoms with Crippen LogP contribution in [-0.2, 0) is 0 Å². The van der Waals surface area contributed by atoms with Crippen molar-refractivity contribution in [3.05, 3.63) is 70.6 Å². The lowest BCUT2D eigenvalue weighted by Crippen LogP contribution is -2.24. The van der Waals surface area contributed by atoms with E-state index in [1.165, 1.54) is 6.26 Å². The number of halogens is 1. The van der Waals surface area contributed by atoms with E-state index in [0.717, 1.165) is 23.1 Å². The first kappa shape index (κ1) is 19.0. The molecule has 0 aliphatic rings. The van der Waals surface area contributed by atoms with E-state index in [4.69, 9.17) is 20.5 Å². The van der Waals surface area contributed by atoms with Gasteiger partial charge in [-0.15, -0.1) is 0 Å². The molecular weight excluding hydrogens is 364 g/mol. The standard InChI is InChI=1S/C21H21ClN2O3/c1-3-5-15(17-12-16(22)8-7-14(17)2)9-10-23-21(25)18-13-20(27-24-18)19-6-4-11-26-19/h4-8,11-13H,3,9-10H2,1-2H3,(H,23,25)/b15-5-. The first-order valence-corrected chi connectivity index (χ1v) is 9.20. The monoisotopic (exact) mass is 384 g/mol. The van der Waals surface area contributed by atoms with E-state index in [2.05, 4.69) is 30.4 Å². The van der Waals surface area contributed by atoms with Gasteiger partial charge in [-0.3, -0.25) is 4.79 Å². The summed E-state index contributed by atoms with van der Waals surface area (Å²) in [5.41, 5.74) is 3.65. The molecule has 0 aliphatic heterocycles. The lowest BCUT2D eigenvalue weighted by atomic mass is 9.97. The third kappa shape index (κ3) is 4.68. The van der Waals surface area contributed by atoms with Crippen molar-refractivity contribution >= 4 is 23.1 Å². The summed E-state index contributed by atoms with van der Waals surface area (Å²) in [7, 11) is 0. The summed E-state index contributed by atoms with van der Waals surface area (Å²) in [4.78, 5) is 12.3. The van der Waals surface area contributed by atoms with Gasteiger partial charge in [0.2, 0.25) is 5.76 Å². The first-order chi connectivity index (χ1) is 13.1. The molecule has 0 saturated carbocycles. The number of allylic oxidation sites excluding steroid dienone is 1. The Morgan fingerprint density at radius 2 is 2.11 bits per heavy atom. The summed E-state index contributed by atoms with van der Waals surface area (Å²) >= 11 is 6.15. The highest BCUT2D eigenvalue weighted by molar-refractivity contribution is 6.30. The summed E-state index contributed by atoms with van der Waals surface area (Å²) in [5.74, 6) is 0.674. The second-order valence-electron chi connectivity index (χ2n) is 6.16. The van der Waals surface area contributed by atoms with Crippen LogP contribution in [0.25, 0.3) is 17.1 Å². The Balaban J connectivity index is 1.63. The quantitative estimate of drug-likeness (QED) is 0.583. The number of hydrogen-bond acceptors (Lipinski definition) is 4. The molecular formula is C21H21ClN2O3. The molecule has 3 aromatic rings. The lowest BCUT2D eigenvalue weighted by molar-refractivity contribution is 0.0945. The molecule has 0 aliphatic carbocycles. The van der Waals surface area contributed by atoms with Crippen LogP contribution >= 0.6 is 11.6 Å². The van der Waals surface area contributed by atoms with E-state index >= 15 is 0 Å². The summed E-state index contributed by atoms with van der Waals surface area (Å²) < 4.78 is 10.4. The molecule has 1 amide bonds. The van der Waals surface area contributed by atoms with Crippen molar-refractivity contribution in [1.29, 1.82) is 0 Å². The van der Waals surface area contributed by atoms with Gasteiger partial charge in [0.25, 0.3) is 5.91 Å². The third-order valence-electron chi connectivity index (χ3n) is 4.18. The molecule has 0 spiro atoms. The molecule has 3 rings (SSSR count). The van der Waals surface area contributed by atoms with E-state index in [9.17, 15) is 4.79 Å². The van der Waals surface area contributed by atoms with Gasteiger partial charge in [-0.1, -0.05) is 35.8 Å². The molecule has 140 valence electrons. The van der Waals surface area contributed by atoms with Crippen molar-refractivity contribution in [2.45, 2.75) is 26.7 Å². The lowest BCUT2D eigenvalue weighted by Gasteiger charge is -2.12. The van der Waals surface area contributed by atoms with E-state index < -0.39 is 0 Å². The summed E-state index contributed by atoms with van der Waals surface area (Å²) in [6.45, 7) is 4.63. The summed E-state index contributed by atoms with van der Waals surface area (Å²) in [6, 6.07) is 10.9. The number of aryl methyl sites for hydroxylation is 1. The molecule has 0 fully saturated rings. The molecule has 0 radical (unpaired) electrons. The van der Waals surface area contributed by atoms with Crippen molar-refractivity contribution in [3.63, 3.8) is 0 Å². The number of furan rings is 1. The second-order valence-corrected chi connectivity index (χ2v) is 6.59. The third-order valence-corrected chi connectivity index (χ3v) is 4.42. The zero-order valence-electron chi connectivity index (χ0n) is 15.3. The summed E-state index contributed by atoms with van der Waals surface area (Å²) in [6.07, 6.45) is 5.31. The number of benzene rings is 1. The molecule has 0 bridgehead atoms. The van der Waals surface area contributed by atoms with E-state index in [1.54, 1.807) is 18.2 Å². The number of rotatable bonds is 7. The molecule has 2 aromatic heterocycles. The number of aromatic nitrogens is 1. The van der Waals surface area contributed by atoms with E-state index in [-0.39, 0.29) is 11.6 Å². The number of amides is 1. The minimum Gasteiger partial charge on any atom is -0.461 e. The van der Waals surface area contributed by atoms with E-state index in [1.807, 2.05) is 18.2 Å². The van der Waals surface area contributed by atoms with E-state index in [0.29, 0.717) is 29.5 Å². The highest BCUT2D eigenvalue weighted by Crippen LogP contribution is 2.26. The molecule has 1 N–H and O–H groups in total. The predicted molar refractivity (Wildman–Crippen MR) is 106 cm³/mol. The molecule has 27 heavy (non-hydrogen) atoms. The van der Waals surface area contributed by atoms with Gasteiger partial charge >= 0.3 is 0 Å². The average molecular weight is 385 g/mol. The molecule has 0 atom stereocenters. The first-order valence-electron chi connectivity index (χ1n) is 8.83. The van der Waals surface area contributed by atoms with Crippen molar-refractivity contribution in [2.75, 3.05) is 6.54 Å². The molecule has 0 unspecified atom stereocenters. The SMILES string of the molecule is CC/C=C(/CCNC(=O)c1cc(-c2ccco2)on1)c1cc(Cl)ccc1C. The Morgan fingerprint density at radius 1 is 1.26 bits per heavy atom. The number of carbonyl (C=O) groups excluding carboxylic acids is 1. The zero-order valence-corrected chi connectivity index (χ0v) is 16.0. The fraction of sp³-hybridized carbons (Fsp3) is 0.238. The number of carbonyl (C=O) groups is 1. The highest BCUT2D eigenvalue weighted by Gasteiger charge is 2.15. The Labute approximate surface area is 163 Å². The van der Waals surface area contributed by atoms with Crippen molar-refractivity contribution in [3.8, 4) is 11.5 Å². The van der Waals surface area contributed by atoms with Gasteiger partial charge in [-0.2, -0.15) is 0 Å². The Kier molecular flexibility index (Phi) is 6.14. The van der Waals surface area contributed by atoms with Crippen LogP contribution in [0.5, 0.6) is 0 Å². The molecule has 1 aromatic carbocycles. The van der Waals surface area contributed by atoms with Crippen LogP contribution in [0.4, 0.5) is 0 Å². The molecule has 5 nitrogen and oxygen atoms in total. The van der Waals surface area contributed by atoms with Crippen LogP contribution in [0.3, 0.4) is 0 Å². The van der Waals surface area contributed by atoms with Gasteiger partial charge in [-0.25, -0.2) is 0 Å². The predicted octanol–water partition coefficient (Wildman–Crippen LogP) is 5.51. The van der Waals surface area contributed by atoms with Crippen LogP contribution in [0.1, 0.15) is 41.4 Å². The van der Waals surface area contributed by atoms with Crippen LogP contribution in [0, 0.1) is 6.92 Å². The van der Waals surface area contributed by atoms with Gasteiger partial charge in [0.05, 0.1) is 6.26 Å². The number of hydrogen-bond donors (Lipinski definition) is 1. The van der Waals surface area contributed by atoms with Gasteiger partial charge < -0.3 is 14.3 Å². The van der Waals surface area contributed by atoms with Gasteiger partial charge in [0, 0.05) is 17.6 Å². The topological polar surface area (TPSA) is 68.3 Å². The van der Waals surface area contributed by atoms with Crippen LogP contribution in [0.2, 0.25) is 5.02 Å². The number of nitrogens with one attached hydrogen (secondary N) is 1. The normalized spacial score (nSPS) is 11.6. The highest BCUT2D eigenvalue weighted by atomic mass is 35.5. The second kappa shape index (κ2) is 8.73. The molecule has 6 heteroatoms. The fourth-order valence-corrected chi connectivity index (χ4v) is 3.02. The Hall–Kier alpha value is -2.79. The average Bonchev–Trinajstić information content (AvgIpc) is 3.34. The number of nitrogens with zero attached hydrogens (tertiary/aromatic N) is 1. The molecule has 0 saturated heterocycles. The Morgan fingerprint density at radius 3 is 2.85 bits per heavy atom. The van der Waals surface area contributed by atoms with Gasteiger partial charge in [0.15, 0.2) is 11.5 Å². The maximum Gasteiger partial charge on any atom is 0.273 e. The Bertz CT molecular complexity index is 942. The van der Waals surface area contributed by atoms with Crippen molar-refractivity contribution < 1.29 is 13.7 Å². The fourth-order valence-electron chi connectivity index (χ4n) is 2.85. The molecule has 2 heterocycles. The maximum absolute atomic E-state index is 12.3. The van der Waals surface area contributed by atoms with Gasteiger partial charge in [-0.05, 0) is 60.7 Å². The van der Waals surface area contributed by atoms with Crippen LogP contribution < -0.4 is 5.32 Å². The van der Waals surface area contributed by atoms with Crippen molar-refractivity contribution in [1.82, 2.24) is 10.5 Å². The van der Waals surface area contributed by atoms with Crippen LogP contribution in [0.15, 0.2) is 57.7 Å². The summed E-state index contributed by atoms with van der Waals surface area (Å²) in [5, 5.41) is 7.40. The van der Waals surface area contributed by atoms with Crippen LogP contribution in [-0.4, -0.2) is 17.6 Å². The zero-order chi connectivity index (χ0) is 19.2. The minimum absolute atomic E-state index is 0.223. The minimum atomic E-state index is -0.282. The van der Waals surface area contributed by atoms with Gasteiger partial charge in [0.1, 0.15) is 0 Å². The smallest absolute Gasteiger partial charge is 0.273 e. The maximum atomic E-state index is 12.3.